The monoisotopic (exact) mass is 246 g/mol. The number of para-hydroxylation sites is 2. The average molecular weight is 246 g/mol. The van der Waals surface area contributed by atoms with Crippen molar-refractivity contribution >= 4 is 17.0 Å². The van der Waals surface area contributed by atoms with Crippen LogP contribution in [-0.4, -0.2) is 22.6 Å². The summed E-state index contributed by atoms with van der Waals surface area (Å²) in [5, 5.41) is 0. The van der Waals surface area contributed by atoms with Gasteiger partial charge in [-0.05, 0) is 19.1 Å². The number of hydrogen-bond donors (Lipinski definition) is 0. The Kier molecular flexibility index (Phi) is 3.65. The topological polar surface area (TPSA) is 44.1 Å². The molecule has 0 radical (unpaired) electrons. The van der Waals surface area contributed by atoms with Crippen LogP contribution in [0.25, 0.3) is 11.0 Å². The van der Waals surface area contributed by atoms with E-state index in [2.05, 4.69) is 16.5 Å². The second-order valence-electron chi connectivity index (χ2n) is 4.37. The number of methoxy groups -OCH3 is 1. The zero-order chi connectivity index (χ0) is 13.1. The van der Waals surface area contributed by atoms with Gasteiger partial charge in [0.1, 0.15) is 5.82 Å². The van der Waals surface area contributed by atoms with Crippen LogP contribution in [0, 0.1) is 0 Å². The van der Waals surface area contributed by atoms with Crippen molar-refractivity contribution in [2.45, 2.75) is 32.7 Å². The standard InChI is InChI=1S/C14H18N2O2/c1-4-13-15-11-7-5-6-8-12(11)16(13)10(2)9-14(17)18-3/h5-8,10H,4,9H2,1-3H3. The molecule has 4 nitrogen and oxygen atoms in total. The van der Waals surface area contributed by atoms with E-state index in [-0.39, 0.29) is 12.0 Å². The lowest BCUT2D eigenvalue weighted by molar-refractivity contribution is -0.141. The number of fused-ring (bicyclic) bond motifs is 1. The van der Waals surface area contributed by atoms with Crippen LogP contribution < -0.4 is 0 Å². The third-order valence-electron chi connectivity index (χ3n) is 3.12. The molecule has 0 spiro atoms. The van der Waals surface area contributed by atoms with Gasteiger partial charge in [-0.25, -0.2) is 4.98 Å². The summed E-state index contributed by atoms with van der Waals surface area (Å²) in [5.74, 6) is 0.815. The second kappa shape index (κ2) is 5.21. The van der Waals surface area contributed by atoms with Gasteiger partial charge in [0.05, 0.1) is 24.6 Å². The number of ether oxygens (including phenoxy) is 1. The zero-order valence-electron chi connectivity index (χ0n) is 11.0. The lowest BCUT2D eigenvalue weighted by Crippen LogP contribution is -2.14. The Balaban J connectivity index is 2.44. The Hall–Kier alpha value is -1.84. The number of imidazole rings is 1. The Bertz CT molecular complexity index is 560. The molecule has 0 bridgehead atoms. The van der Waals surface area contributed by atoms with Crippen LogP contribution in [0.4, 0.5) is 0 Å². The first-order chi connectivity index (χ1) is 8.67. The highest BCUT2D eigenvalue weighted by atomic mass is 16.5. The van der Waals surface area contributed by atoms with Gasteiger partial charge in [0.2, 0.25) is 0 Å². The molecule has 0 aliphatic heterocycles. The maximum absolute atomic E-state index is 11.4. The number of esters is 1. The molecule has 0 fully saturated rings. The van der Waals surface area contributed by atoms with Gasteiger partial charge in [0, 0.05) is 12.5 Å². The van der Waals surface area contributed by atoms with E-state index in [9.17, 15) is 4.79 Å². The van der Waals surface area contributed by atoms with Crippen molar-refractivity contribution < 1.29 is 9.53 Å². The summed E-state index contributed by atoms with van der Waals surface area (Å²) in [6.45, 7) is 4.09. The fraction of sp³-hybridized carbons (Fsp3) is 0.429. The van der Waals surface area contributed by atoms with Crippen molar-refractivity contribution in [2.75, 3.05) is 7.11 Å². The molecule has 4 heteroatoms. The molecule has 1 unspecified atom stereocenters. The predicted octanol–water partition coefficient (Wildman–Crippen LogP) is 2.72. The highest BCUT2D eigenvalue weighted by molar-refractivity contribution is 5.76. The van der Waals surface area contributed by atoms with E-state index in [0.717, 1.165) is 23.3 Å². The van der Waals surface area contributed by atoms with Crippen LogP contribution in [-0.2, 0) is 16.0 Å². The molecular weight excluding hydrogens is 228 g/mol. The summed E-state index contributed by atoms with van der Waals surface area (Å²) >= 11 is 0. The van der Waals surface area contributed by atoms with Gasteiger partial charge in [-0.15, -0.1) is 0 Å². The fourth-order valence-electron chi connectivity index (χ4n) is 2.25. The van der Waals surface area contributed by atoms with Crippen LogP contribution >= 0.6 is 0 Å². The normalized spacial score (nSPS) is 12.6. The van der Waals surface area contributed by atoms with Crippen molar-refractivity contribution in [2.24, 2.45) is 0 Å². The summed E-state index contributed by atoms with van der Waals surface area (Å²) < 4.78 is 6.86. The smallest absolute Gasteiger partial charge is 0.307 e. The fourth-order valence-corrected chi connectivity index (χ4v) is 2.25. The maximum Gasteiger partial charge on any atom is 0.307 e. The molecule has 0 aliphatic carbocycles. The van der Waals surface area contributed by atoms with Gasteiger partial charge in [0.15, 0.2) is 0 Å². The minimum absolute atomic E-state index is 0.0554. The molecule has 0 saturated carbocycles. The highest BCUT2D eigenvalue weighted by Gasteiger charge is 2.17. The molecule has 0 aliphatic rings. The number of carbonyl (C=O) groups excluding carboxylic acids is 1. The van der Waals surface area contributed by atoms with Crippen LogP contribution in [0.1, 0.15) is 32.1 Å². The van der Waals surface area contributed by atoms with Crippen molar-refractivity contribution in [3.8, 4) is 0 Å². The van der Waals surface area contributed by atoms with Gasteiger partial charge < -0.3 is 9.30 Å². The maximum atomic E-state index is 11.4. The predicted molar refractivity (Wildman–Crippen MR) is 70.5 cm³/mol. The largest absolute Gasteiger partial charge is 0.469 e. The number of rotatable bonds is 4. The lowest BCUT2D eigenvalue weighted by atomic mass is 10.2. The summed E-state index contributed by atoms with van der Waals surface area (Å²) in [6.07, 6.45) is 1.21. The minimum Gasteiger partial charge on any atom is -0.469 e. The van der Waals surface area contributed by atoms with Crippen LogP contribution in [0.2, 0.25) is 0 Å². The molecule has 2 rings (SSSR count). The third-order valence-corrected chi connectivity index (χ3v) is 3.12. The first-order valence-corrected chi connectivity index (χ1v) is 6.20. The van der Waals surface area contributed by atoms with E-state index in [1.54, 1.807) is 0 Å². The highest BCUT2D eigenvalue weighted by Crippen LogP contribution is 2.23. The van der Waals surface area contributed by atoms with Crippen LogP contribution in [0.3, 0.4) is 0 Å². The van der Waals surface area contributed by atoms with Crippen molar-refractivity contribution in [3.05, 3.63) is 30.1 Å². The van der Waals surface area contributed by atoms with Crippen molar-refractivity contribution in [1.29, 1.82) is 0 Å². The zero-order valence-corrected chi connectivity index (χ0v) is 11.0. The number of aromatic nitrogens is 2. The van der Waals surface area contributed by atoms with Crippen LogP contribution in [0.5, 0.6) is 0 Å². The van der Waals surface area contributed by atoms with Crippen molar-refractivity contribution in [1.82, 2.24) is 9.55 Å². The van der Waals surface area contributed by atoms with Gasteiger partial charge in [-0.1, -0.05) is 19.1 Å². The molecule has 1 heterocycles. The first-order valence-electron chi connectivity index (χ1n) is 6.20. The summed E-state index contributed by atoms with van der Waals surface area (Å²) in [5.41, 5.74) is 2.05. The number of benzene rings is 1. The molecule has 18 heavy (non-hydrogen) atoms. The summed E-state index contributed by atoms with van der Waals surface area (Å²) in [4.78, 5) is 16.0. The molecule has 1 atom stereocenters. The summed E-state index contributed by atoms with van der Waals surface area (Å²) in [7, 11) is 1.42. The van der Waals surface area contributed by atoms with E-state index in [4.69, 9.17) is 4.74 Å². The van der Waals surface area contributed by atoms with Crippen molar-refractivity contribution in [3.63, 3.8) is 0 Å². The van der Waals surface area contributed by atoms with Gasteiger partial charge in [0.25, 0.3) is 0 Å². The number of nitrogens with zero attached hydrogens (tertiary/aromatic N) is 2. The van der Waals surface area contributed by atoms with E-state index in [1.165, 1.54) is 7.11 Å². The van der Waals surface area contributed by atoms with Gasteiger partial charge >= 0.3 is 5.97 Å². The molecular formula is C14H18N2O2. The Morgan fingerprint density at radius 3 is 2.83 bits per heavy atom. The molecule has 1 aromatic heterocycles. The third kappa shape index (κ3) is 2.23. The molecule has 2 aromatic rings. The Labute approximate surface area is 107 Å². The molecule has 1 aromatic carbocycles. The van der Waals surface area contributed by atoms with Gasteiger partial charge in [-0.3, -0.25) is 4.79 Å². The second-order valence-corrected chi connectivity index (χ2v) is 4.37. The van der Waals surface area contributed by atoms with E-state index < -0.39 is 0 Å². The average Bonchev–Trinajstić information content (AvgIpc) is 2.76. The Morgan fingerprint density at radius 2 is 2.17 bits per heavy atom. The lowest BCUT2D eigenvalue weighted by Gasteiger charge is -2.16. The van der Waals surface area contributed by atoms with E-state index >= 15 is 0 Å². The number of carbonyl (C=O) groups is 1. The Morgan fingerprint density at radius 1 is 1.44 bits per heavy atom. The van der Waals surface area contributed by atoms with Crippen LogP contribution in [0.15, 0.2) is 24.3 Å². The van der Waals surface area contributed by atoms with Gasteiger partial charge in [-0.2, -0.15) is 0 Å². The van der Waals surface area contributed by atoms with E-state index in [0.29, 0.717) is 6.42 Å². The molecule has 0 saturated heterocycles. The quantitative estimate of drug-likeness (QED) is 0.779. The molecule has 0 amide bonds. The SMILES string of the molecule is CCc1nc2ccccc2n1C(C)CC(=O)OC. The minimum atomic E-state index is -0.192. The number of aryl methyl sites for hydroxylation is 1. The molecule has 0 N–H and O–H groups in total. The first kappa shape index (κ1) is 12.6. The van der Waals surface area contributed by atoms with E-state index in [1.807, 2.05) is 31.2 Å². The summed E-state index contributed by atoms with van der Waals surface area (Å²) in [6, 6.07) is 8.06. The number of hydrogen-bond acceptors (Lipinski definition) is 3. The molecule has 96 valence electrons.